The fraction of sp³-hybridized carbons (Fsp3) is 0.522. The average Bonchev–Trinajstić information content (AvgIpc) is 3.33. The molecule has 34 heavy (non-hydrogen) atoms. The lowest BCUT2D eigenvalue weighted by Crippen LogP contribution is -2.43. The minimum absolute atomic E-state index is 0.268. The summed E-state index contributed by atoms with van der Waals surface area (Å²) < 4.78 is 23.4. The number of anilines is 1. The van der Waals surface area contributed by atoms with Crippen molar-refractivity contribution in [2.75, 3.05) is 25.9 Å². The number of nitrogen functional groups attached to an aromatic ring is 1. The van der Waals surface area contributed by atoms with Crippen LogP contribution in [-0.4, -0.2) is 65.8 Å². The summed E-state index contributed by atoms with van der Waals surface area (Å²) in [7, 11) is 1.61. The van der Waals surface area contributed by atoms with E-state index in [4.69, 9.17) is 24.7 Å². The summed E-state index contributed by atoms with van der Waals surface area (Å²) in [4.78, 5) is 28.7. The van der Waals surface area contributed by atoms with Crippen molar-refractivity contribution in [3.05, 3.63) is 42.2 Å². The van der Waals surface area contributed by atoms with Gasteiger partial charge >= 0.3 is 12.2 Å². The fourth-order valence-electron chi connectivity index (χ4n) is 3.60. The number of hydrogen-bond acceptors (Lipinski definition) is 9. The van der Waals surface area contributed by atoms with Crippen LogP contribution in [0.3, 0.4) is 0 Å². The van der Waals surface area contributed by atoms with E-state index in [0.29, 0.717) is 32.0 Å². The predicted molar refractivity (Wildman–Crippen MR) is 125 cm³/mol. The number of benzene rings is 1. The lowest BCUT2D eigenvalue weighted by Gasteiger charge is -2.26. The van der Waals surface area contributed by atoms with Crippen LogP contribution in [0.1, 0.15) is 26.3 Å². The molecule has 2 heterocycles. The third kappa shape index (κ3) is 7.27. The zero-order chi connectivity index (χ0) is 24.7. The summed E-state index contributed by atoms with van der Waals surface area (Å²) in [5, 5.41) is 6.00. The number of aromatic nitrogens is 2. The molecule has 11 heteroatoms. The number of alkyl carbamates (subject to hydrolysis) is 1. The maximum Gasteiger partial charge on any atom is 0.509 e. The molecular formula is C23H33N5O6. The Hall–Kier alpha value is -3.47. The van der Waals surface area contributed by atoms with Gasteiger partial charge in [-0.15, -0.1) is 0 Å². The van der Waals surface area contributed by atoms with Crippen LogP contribution in [0, 0.1) is 0 Å². The summed E-state index contributed by atoms with van der Waals surface area (Å²) in [5.41, 5.74) is 6.05. The lowest BCUT2D eigenvalue weighted by atomic mass is 10.0. The Labute approximate surface area is 198 Å². The summed E-state index contributed by atoms with van der Waals surface area (Å²) >= 11 is 0. The Balaban J connectivity index is 1.63. The second-order valence-electron chi connectivity index (χ2n) is 8.96. The van der Waals surface area contributed by atoms with Gasteiger partial charge < -0.3 is 39.9 Å². The molecule has 1 aliphatic heterocycles. The van der Waals surface area contributed by atoms with E-state index < -0.39 is 30.1 Å². The number of nitrogens with two attached hydrogens (primary N) is 1. The van der Waals surface area contributed by atoms with Gasteiger partial charge in [0.15, 0.2) is 18.2 Å². The number of imidazole rings is 1. The molecule has 0 bridgehead atoms. The zero-order valence-electron chi connectivity index (χ0n) is 19.9. The van der Waals surface area contributed by atoms with Gasteiger partial charge in [0, 0.05) is 32.0 Å². The van der Waals surface area contributed by atoms with Gasteiger partial charge in [0.25, 0.3) is 0 Å². The number of carbonyl (C=O) groups is 2. The minimum atomic E-state index is -0.811. The highest BCUT2D eigenvalue weighted by Gasteiger charge is 2.42. The molecular weight excluding hydrogens is 442 g/mol. The average molecular weight is 476 g/mol. The summed E-state index contributed by atoms with van der Waals surface area (Å²) in [6.07, 6.45) is 1.01. The van der Waals surface area contributed by atoms with Crippen molar-refractivity contribution < 1.29 is 28.5 Å². The third-order valence-corrected chi connectivity index (χ3v) is 5.21. The van der Waals surface area contributed by atoms with Crippen LogP contribution in [0.4, 0.5) is 15.5 Å². The number of nitrogens with zero attached hydrogens (tertiary/aromatic N) is 2. The normalized spacial score (nSPS) is 19.9. The molecule has 1 fully saturated rings. The highest BCUT2D eigenvalue weighted by atomic mass is 16.7. The van der Waals surface area contributed by atoms with Crippen molar-refractivity contribution in [3.8, 4) is 5.75 Å². The molecule has 1 amide bonds. The van der Waals surface area contributed by atoms with Crippen molar-refractivity contribution in [1.29, 1.82) is 0 Å². The van der Waals surface area contributed by atoms with E-state index in [9.17, 15) is 9.59 Å². The number of hydrogen-bond donors (Lipinski definition) is 3. The number of nitrogens with one attached hydrogen (secondary N) is 2. The quantitative estimate of drug-likeness (QED) is 0.490. The topological polar surface area (TPSA) is 139 Å². The van der Waals surface area contributed by atoms with Crippen LogP contribution >= 0.6 is 0 Å². The Morgan fingerprint density at radius 2 is 1.97 bits per heavy atom. The van der Waals surface area contributed by atoms with Gasteiger partial charge in [-0.05, 0) is 44.9 Å². The van der Waals surface area contributed by atoms with Crippen LogP contribution in [0.25, 0.3) is 0 Å². The first-order chi connectivity index (χ1) is 16.1. The Morgan fingerprint density at radius 1 is 1.24 bits per heavy atom. The van der Waals surface area contributed by atoms with Crippen molar-refractivity contribution in [2.45, 2.75) is 57.6 Å². The van der Waals surface area contributed by atoms with E-state index in [1.165, 1.54) is 0 Å². The van der Waals surface area contributed by atoms with Crippen molar-refractivity contribution >= 4 is 18.2 Å². The monoisotopic (exact) mass is 475 g/mol. The number of amides is 1. The Bertz CT molecular complexity index is 956. The molecule has 3 rings (SSSR count). The van der Waals surface area contributed by atoms with Gasteiger partial charge in [0.05, 0.1) is 13.2 Å². The van der Waals surface area contributed by atoms with Crippen molar-refractivity contribution in [1.82, 2.24) is 20.2 Å². The summed E-state index contributed by atoms with van der Waals surface area (Å²) in [6.45, 7) is 6.31. The fourth-order valence-corrected chi connectivity index (χ4v) is 3.60. The number of ether oxygens (including phenoxy) is 4. The van der Waals surface area contributed by atoms with E-state index in [0.717, 1.165) is 11.3 Å². The number of rotatable bonds is 8. The van der Waals surface area contributed by atoms with Crippen LogP contribution in [0.2, 0.25) is 0 Å². The lowest BCUT2D eigenvalue weighted by molar-refractivity contribution is -0.0517. The van der Waals surface area contributed by atoms with E-state index in [1.54, 1.807) is 44.8 Å². The van der Waals surface area contributed by atoms with Crippen LogP contribution in [0.15, 0.2) is 36.7 Å². The van der Waals surface area contributed by atoms with Crippen LogP contribution < -0.4 is 21.1 Å². The van der Waals surface area contributed by atoms with Gasteiger partial charge in [0.2, 0.25) is 0 Å². The second kappa shape index (κ2) is 11.1. The molecule has 0 spiro atoms. The van der Waals surface area contributed by atoms with Crippen molar-refractivity contribution in [3.63, 3.8) is 0 Å². The summed E-state index contributed by atoms with van der Waals surface area (Å²) in [6, 6.07) is 7.34. The van der Waals surface area contributed by atoms with Gasteiger partial charge in [-0.2, -0.15) is 0 Å². The molecule has 11 nitrogen and oxygen atoms in total. The van der Waals surface area contributed by atoms with E-state index >= 15 is 0 Å². The minimum Gasteiger partial charge on any atom is -0.497 e. The molecule has 1 aromatic heterocycles. The van der Waals surface area contributed by atoms with Crippen LogP contribution in [0.5, 0.6) is 5.75 Å². The molecule has 186 valence electrons. The Morgan fingerprint density at radius 3 is 2.59 bits per heavy atom. The highest BCUT2D eigenvalue weighted by molar-refractivity contribution is 5.67. The second-order valence-corrected chi connectivity index (χ2v) is 8.96. The maximum absolute atomic E-state index is 12.5. The van der Waals surface area contributed by atoms with E-state index in [1.807, 2.05) is 24.3 Å². The third-order valence-electron chi connectivity index (χ3n) is 5.21. The van der Waals surface area contributed by atoms with E-state index in [2.05, 4.69) is 15.6 Å². The zero-order valence-corrected chi connectivity index (χ0v) is 19.9. The molecule has 1 aromatic carbocycles. The number of methoxy groups -OCH3 is 1. The molecule has 0 radical (unpaired) electrons. The van der Waals surface area contributed by atoms with Crippen molar-refractivity contribution in [2.24, 2.45) is 0 Å². The largest absolute Gasteiger partial charge is 0.509 e. The molecule has 1 aliphatic rings. The standard InChI is InChI=1S/C23H33N5O6/c1-23(2,3)34-22(30)32-18-14-27-17(13-15-5-7-16(31-4)8-6-15)19(18)33-21(29)26-10-12-28-11-9-25-20(28)24/h5-9,11,17-19,27H,10,12-14H2,1-4H3,(H2,24,25)(H,26,29)/t17-,18+,19+/m1/s1. The molecule has 0 aliphatic carbocycles. The predicted octanol–water partition coefficient (Wildman–Crippen LogP) is 2.10. The first-order valence-electron chi connectivity index (χ1n) is 11.1. The molecule has 0 unspecified atom stereocenters. The molecule has 2 aromatic rings. The van der Waals surface area contributed by atoms with E-state index in [-0.39, 0.29) is 6.04 Å². The van der Waals surface area contributed by atoms with Crippen LogP contribution in [-0.2, 0) is 27.2 Å². The summed E-state index contributed by atoms with van der Waals surface area (Å²) in [5.74, 6) is 1.11. The maximum atomic E-state index is 12.5. The molecule has 0 saturated carbocycles. The highest BCUT2D eigenvalue weighted by Crippen LogP contribution is 2.22. The number of carbonyl (C=O) groups excluding carboxylic acids is 2. The van der Waals surface area contributed by atoms with Gasteiger partial charge in [-0.3, -0.25) is 0 Å². The van der Waals surface area contributed by atoms with Gasteiger partial charge in [-0.25, -0.2) is 14.6 Å². The van der Waals surface area contributed by atoms with Gasteiger partial charge in [-0.1, -0.05) is 12.1 Å². The smallest absolute Gasteiger partial charge is 0.497 e. The molecule has 3 atom stereocenters. The first-order valence-corrected chi connectivity index (χ1v) is 11.1. The van der Waals surface area contributed by atoms with Gasteiger partial charge in [0.1, 0.15) is 11.4 Å². The SMILES string of the molecule is COc1ccc(C[C@H]2NC[C@H](OC(=O)OC(C)(C)C)[C@H]2OC(=O)NCCn2ccnc2N)cc1. The Kier molecular flexibility index (Phi) is 8.21. The first kappa shape index (κ1) is 25.2. The molecule has 4 N–H and O–H groups in total. The molecule has 1 saturated heterocycles.